The Labute approximate surface area is 123 Å². The van der Waals surface area contributed by atoms with E-state index < -0.39 is 0 Å². The summed E-state index contributed by atoms with van der Waals surface area (Å²) < 4.78 is 0. The summed E-state index contributed by atoms with van der Waals surface area (Å²) in [5, 5.41) is 3.60. The number of fused-ring (bicyclic) bond motifs is 2. The molecule has 0 atom stereocenters. The maximum Gasteiger partial charge on any atom is 0.0379 e. The Hall–Kier alpha value is -0.730. The average Bonchev–Trinajstić information content (AvgIpc) is 2.72. The third kappa shape index (κ3) is 2.75. The standard InChI is InChI=1S/C16H24N2.ClH/c1-13(2)11-18-9-7-16(8-10-18)12-17-15-6-4-3-5-14(15)16;/h3-6,13,17H,7-12H2,1-2H3;1H. The Bertz CT molecular complexity index is 423. The van der Waals surface area contributed by atoms with Crippen LogP contribution in [0.5, 0.6) is 0 Å². The Morgan fingerprint density at radius 2 is 1.89 bits per heavy atom. The second-order valence-electron chi connectivity index (χ2n) is 6.37. The first-order valence-electron chi connectivity index (χ1n) is 7.25. The molecule has 0 bridgehead atoms. The third-order valence-corrected chi connectivity index (χ3v) is 4.55. The summed E-state index contributed by atoms with van der Waals surface area (Å²) >= 11 is 0. The van der Waals surface area contributed by atoms with Gasteiger partial charge in [0.25, 0.3) is 0 Å². The number of hydrogen-bond acceptors (Lipinski definition) is 2. The van der Waals surface area contributed by atoms with E-state index in [0.717, 1.165) is 12.5 Å². The van der Waals surface area contributed by atoms with Crippen molar-refractivity contribution < 1.29 is 0 Å². The fourth-order valence-corrected chi connectivity index (χ4v) is 3.59. The van der Waals surface area contributed by atoms with E-state index in [1.807, 2.05) is 0 Å². The zero-order valence-corrected chi connectivity index (χ0v) is 12.8. The van der Waals surface area contributed by atoms with Gasteiger partial charge in [-0.2, -0.15) is 0 Å². The highest BCUT2D eigenvalue weighted by atomic mass is 35.5. The van der Waals surface area contributed by atoms with Gasteiger partial charge in [0.05, 0.1) is 0 Å². The minimum absolute atomic E-state index is 0. The van der Waals surface area contributed by atoms with Gasteiger partial charge >= 0.3 is 0 Å². The second-order valence-corrected chi connectivity index (χ2v) is 6.37. The Morgan fingerprint density at radius 3 is 2.58 bits per heavy atom. The molecule has 2 heterocycles. The Morgan fingerprint density at radius 1 is 1.21 bits per heavy atom. The molecule has 0 aliphatic carbocycles. The third-order valence-electron chi connectivity index (χ3n) is 4.55. The van der Waals surface area contributed by atoms with Gasteiger partial charge in [0, 0.05) is 24.2 Å². The molecule has 0 amide bonds. The number of para-hydroxylation sites is 1. The minimum atomic E-state index is 0. The molecule has 3 rings (SSSR count). The number of anilines is 1. The number of nitrogens with one attached hydrogen (secondary N) is 1. The topological polar surface area (TPSA) is 15.3 Å². The maximum atomic E-state index is 3.60. The number of rotatable bonds is 2. The van der Waals surface area contributed by atoms with Crippen LogP contribution in [0.3, 0.4) is 0 Å². The van der Waals surface area contributed by atoms with Crippen LogP contribution in [0.4, 0.5) is 5.69 Å². The van der Waals surface area contributed by atoms with Gasteiger partial charge < -0.3 is 10.2 Å². The van der Waals surface area contributed by atoms with Gasteiger partial charge in [-0.1, -0.05) is 32.0 Å². The molecule has 0 radical (unpaired) electrons. The molecule has 106 valence electrons. The van der Waals surface area contributed by atoms with Crippen molar-refractivity contribution in [1.29, 1.82) is 0 Å². The molecule has 1 N–H and O–H groups in total. The molecule has 1 spiro atoms. The van der Waals surface area contributed by atoms with Crippen LogP contribution in [0.1, 0.15) is 32.3 Å². The van der Waals surface area contributed by atoms with Gasteiger partial charge in [-0.25, -0.2) is 0 Å². The molecule has 1 fully saturated rings. The van der Waals surface area contributed by atoms with Crippen LogP contribution in [0, 0.1) is 5.92 Å². The van der Waals surface area contributed by atoms with Crippen molar-refractivity contribution in [2.75, 3.05) is 31.5 Å². The first-order chi connectivity index (χ1) is 8.70. The monoisotopic (exact) mass is 280 g/mol. The molecule has 2 aliphatic rings. The van der Waals surface area contributed by atoms with Crippen molar-refractivity contribution in [1.82, 2.24) is 4.90 Å². The van der Waals surface area contributed by atoms with Crippen LogP contribution in [0.15, 0.2) is 24.3 Å². The van der Waals surface area contributed by atoms with Gasteiger partial charge in [-0.3, -0.25) is 0 Å². The summed E-state index contributed by atoms with van der Waals surface area (Å²) in [5.74, 6) is 0.785. The lowest BCUT2D eigenvalue weighted by Crippen LogP contribution is -2.44. The van der Waals surface area contributed by atoms with Gasteiger partial charge in [0.1, 0.15) is 0 Å². The van der Waals surface area contributed by atoms with Gasteiger partial charge in [0.15, 0.2) is 0 Å². The highest BCUT2D eigenvalue weighted by Gasteiger charge is 2.40. The molecule has 0 saturated carbocycles. The van der Waals surface area contributed by atoms with E-state index in [-0.39, 0.29) is 12.4 Å². The summed E-state index contributed by atoms with van der Waals surface area (Å²) in [4.78, 5) is 2.64. The van der Waals surface area contributed by atoms with Crippen LogP contribution in [0.25, 0.3) is 0 Å². The molecule has 1 saturated heterocycles. The number of likely N-dealkylation sites (tertiary alicyclic amines) is 1. The van der Waals surface area contributed by atoms with Gasteiger partial charge in [-0.05, 0) is 43.5 Å². The SMILES string of the molecule is CC(C)CN1CCC2(CC1)CNc1ccccc12.Cl. The highest BCUT2D eigenvalue weighted by Crippen LogP contribution is 2.43. The summed E-state index contributed by atoms with van der Waals surface area (Å²) in [5.41, 5.74) is 3.35. The van der Waals surface area contributed by atoms with Crippen LogP contribution >= 0.6 is 12.4 Å². The molecule has 2 nitrogen and oxygen atoms in total. The fraction of sp³-hybridized carbons (Fsp3) is 0.625. The lowest BCUT2D eigenvalue weighted by atomic mass is 9.74. The summed E-state index contributed by atoms with van der Waals surface area (Å²) in [6, 6.07) is 8.88. The number of halogens is 1. The first-order valence-corrected chi connectivity index (χ1v) is 7.25. The van der Waals surface area contributed by atoms with Crippen LogP contribution in [-0.4, -0.2) is 31.1 Å². The highest BCUT2D eigenvalue weighted by molar-refractivity contribution is 5.85. The maximum absolute atomic E-state index is 3.60. The van der Waals surface area contributed by atoms with Crippen molar-refractivity contribution >= 4 is 18.1 Å². The summed E-state index contributed by atoms with van der Waals surface area (Å²) in [7, 11) is 0. The van der Waals surface area contributed by atoms with E-state index in [4.69, 9.17) is 0 Å². The number of nitrogens with zero attached hydrogens (tertiary/aromatic N) is 1. The fourth-order valence-electron chi connectivity index (χ4n) is 3.59. The summed E-state index contributed by atoms with van der Waals surface area (Å²) in [6.45, 7) is 9.54. The largest absolute Gasteiger partial charge is 0.384 e. The quantitative estimate of drug-likeness (QED) is 0.892. The minimum Gasteiger partial charge on any atom is -0.384 e. The number of hydrogen-bond donors (Lipinski definition) is 1. The molecule has 1 aromatic carbocycles. The molecular formula is C16H25ClN2. The molecule has 0 unspecified atom stereocenters. The van der Waals surface area contributed by atoms with Crippen molar-refractivity contribution in [3.63, 3.8) is 0 Å². The molecule has 2 aliphatic heterocycles. The first kappa shape index (κ1) is 14.7. The van der Waals surface area contributed by atoms with Gasteiger partial charge in [-0.15, -0.1) is 12.4 Å². The van der Waals surface area contributed by atoms with Crippen LogP contribution < -0.4 is 5.32 Å². The van der Waals surface area contributed by atoms with Crippen LogP contribution in [0.2, 0.25) is 0 Å². The lowest BCUT2D eigenvalue weighted by molar-refractivity contribution is 0.154. The molecule has 1 aromatic rings. The van der Waals surface area contributed by atoms with Crippen molar-refractivity contribution in [2.24, 2.45) is 5.92 Å². The van der Waals surface area contributed by atoms with Crippen LogP contribution in [-0.2, 0) is 5.41 Å². The van der Waals surface area contributed by atoms with E-state index in [1.54, 1.807) is 5.56 Å². The van der Waals surface area contributed by atoms with Crippen molar-refractivity contribution in [3.05, 3.63) is 29.8 Å². The number of benzene rings is 1. The zero-order chi connectivity index (χ0) is 12.6. The zero-order valence-electron chi connectivity index (χ0n) is 12.0. The van der Waals surface area contributed by atoms with Crippen molar-refractivity contribution in [3.8, 4) is 0 Å². The summed E-state index contributed by atoms with van der Waals surface area (Å²) in [6.07, 6.45) is 2.62. The van der Waals surface area contributed by atoms with Crippen molar-refractivity contribution in [2.45, 2.75) is 32.1 Å². The molecule has 0 aromatic heterocycles. The molecule has 19 heavy (non-hydrogen) atoms. The second kappa shape index (κ2) is 5.72. The Kier molecular flexibility index (Phi) is 4.42. The number of piperidine rings is 1. The molecule has 3 heteroatoms. The smallest absolute Gasteiger partial charge is 0.0379 e. The van der Waals surface area contributed by atoms with E-state index in [1.165, 1.54) is 38.2 Å². The Balaban J connectivity index is 0.00000133. The van der Waals surface area contributed by atoms with E-state index in [9.17, 15) is 0 Å². The van der Waals surface area contributed by atoms with E-state index >= 15 is 0 Å². The predicted octanol–water partition coefficient (Wildman–Crippen LogP) is 3.52. The predicted molar refractivity (Wildman–Crippen MR) is 84.4 cm³/mol. The van der Waals surface area contributed by atoms with E-state index in [0.29, 0.717) is 5.41 Å². The molecular weight excluding hydrogens is 256 g/mol. The average molecular weight is 281 g/mol. The normalized spacial score (nSPS) is 21.0. The van der Waals surface area contributed by atoms with Gasteiger partial charge in [0.2, 0.25) is 0 Å². The lowest BCUT2D eigenvalue weighted by Gasteiger charge is -2.40. The van der Waals surface area contributed by atoms with E-state index in [2.05, 4.69) is 48.3 Å².